The second-order valence-corrected chi connectivity index (χ2v) is 7.51. The molecule has 0 saturated carbocycles. The fraction of sp³-hybridized carbons (Fsp3) is 0.474. The van der Waals surface area contributed by atoms with Gasteiger partial charge in [0.15, 0.2) is 0 Å². The molecule has 0 bridgehead atoms. The molecule has 0 spiro atoms. The number of nitrogens with zero attached hydrogens (tertiary/aromatic N) is 3. The molecule has 2 amide bonds. The molecule has 0 aliphatic carbocycles. The van der Waals surface area contributed by atoms with Crippen molar-refractivity contribution in [3.8, 4) is 0 Å². The second-order valence-electron chi connectivity index (χ2n) is 6.70. The lowest BCUT2D eigenvalue weighted by Gasteiger charge is -2.34. The lowest BCUT2D eigenvalue weighted by atomic mass is 10.2. The highest BCUT2D eigenvalue weighted by Gasteiger charge is 2.26. The third-order valence-corrected chi connectivity index (χ3v) is 5.62. The maximum absolute atomic E-state index is 12.3. The predicted octanol–water partition coefficient (Wildman–Crippen LogP) is 2.77. The quantitative estimate of drug-likeness (QED) is 0.719. The molecule has 2 fully saturated rings. The molecular weight excluding hydrogens is 373 g/mol. The van der Waals surface area contributed by atoms with Crippen molar-refractivity contribution in [1.29, 1.82) is 0 Å². The Morgan fingerprint density at radius 3 is 2.50 bits per heavy atom. The Labute approximate surface area is 164 Å². The van der Waals surface area contributed by atoms with Gasteiger partial charge in [-0.25, -0.2) is 0 Å². The van der Waals surface area contributed by atoms with Gasteiger partial charge < -0.3 is 14.7 Å². The van der Waals surface area contributed by atoms with Gasteiger partial charge in [0.1, 0.15) is 6.54 Å². The highest BCUT2D eigenvalue weighted by molar-refractivity contribution is 6.42. The van der Waals surface area contributed by atoms with Gasteiger partial charge in [-0.15, -0.1) is 0 Å². The van der Waals surface area contributed by atoms with E-state index in [1.54, 1.807) is 29.2 Å². The molecular formula is C19H23Cl2N3O2. The first kappa shape index (κ1) is 19.2. The fourth-order valence-corrected chi connectivity index (χ4v) is 3.60. The van der Waals surface area contributed by atoms with Gasteiger partial charge in [-0.05, 0) is 49.7 Å². The summed E-state index contributed by atoms with van der Waals surface area (Å²) >= 11 is 11.9. The van der Waals surface area contributed by atoms with Crippen LogP contribution in [0.1, 0.15) is 18.4 Å². The van der Waals surface area contributed by atoms with Crippen molar-refractivity contribution >= 4 is 41.1 Å². The van der Waals surface area contributed by atoms with Crippen molar-refractivity contribution < 1.29 is 9.59 Å². The summed E-state index contributed by atoms with van der Waals surface area (Å²) in [5.41, 5.74) is 0.795. The van der Waals surface area contributed by atoms with Gasteiger partial charge >= 0.3 is 0 Å². The first-order chi connectivity index (χ1) is 12.5. The van der Waals surface area contributed by atoms with E-state index in [4.69, 9.17) is 23.2 Å². The average Bonchev–Trinajstić information content (AvgIpc) is 3.15. The molecule has 2 aliphatic heterocycles. The normalized spacial score (nSPS) is 18.9. The molecule has 0 radical (unpaired) electrons. The molecule has 2 saturated heterocycles. The van der Waals surface area contributed by atoms with E-state index in [-0.39, 0.29) is 18.4 Å². The van der Waals surface area contributed by atoms with Crippen molar-refractivity contribution in [3.05, 3.63) is 39.9 Å². The molecule has 2 aliphatic rings. The van der Waals surface area contributed by atoms with E-state index in [2.05, 4.69) is 4.90 Å². The number of benzene rings is 1. The molecule has 7 heteroatoms. The minimum Gasteiger partial charge on any atom is -0.338 e. The fourth-order valence-electron chi connectivity index (χ4n) is 3.29. The maximum Gasteiger partial charge on any atom is 0.247 e. The van der Waals surface area contributed by atoms with Crippen molar-refractivity contribution in [2.45, 2.75) is 12.8 Å². The molecule has 0 unspecified atom stereocenters. The number of halogens is 2. The minimum atomic E-state index is -0.163. The third kappa shape index (κ3) is 5.00. The van der Waals surface area contributed by atoms with Crippen LogP contribution >= 0.6 is 23.2 Å². The average molecular weight is 396 g/mol. The number of hydrogen-bond donors (Lipinski definition) is 0. The predicted molar refractivity (Wildman–Crippen MR) is 104 cm³/mol. The van der Waals surface area contributed by atoms with E-state index >= 15 is 0 Å². The summed E-state index contributed by atoms with van der Waals surface area (Å²) < 4.78 is 0. The summed E-state index contributed by atoms with van der Waals surface area (Å²) in [7, 11) is 0. The van der Waals surface area contributed by atoms with Gasteiger partial charge in [0.2, 0.25) is 11.8 Å². The second kappa shape index (κ2) is 8.89. The monoisotopic (exact) mass is 395 g/mol. The summed E-state index contributed by atoms with van der Waals surface area (Å²) in [4.78, 5) is 30.5. The van der Waals surface area contributed by atoms with E-state index in [0.717, 1.165) is 31.7 Å². The zero-order chi connectivity index (χ0) is 18.5. The van der Waals surface area contributed by atoms with Crippen LogP contribution in [0.15, 0.2) is 24.3 Å². The zero-order valence-corrected chi connectivity index (χ0v) is 16.2. The number of rotatable bonds is 5. The van der Waals surface area contributed by atoms with Gasteiger partial charge in [-0.1, -0.05) is 29.3 Å². The Morgan fingerprint density at radius 2 is 1.81 bits per heavy atom. The summed E-state index contributed by atoms with van der Waals surface area (Å²) in [5, 5.41) is 0.925. The lowest BCUT2D eigenvalue weighted by Crippen LogP contribution is -2.53. The van der Waals surface area contributed by atoms with Crippen LogP contribution in [0.4, 0.5) is 0 Å². The zero-order valence-electron chi connectivity index (χ0n) is 14.7. The molecule has 5 nitrogen and oxygen atoms in total. The summed E-state index contributed by atoms with van der Waals surface area (Å²) in [6, 6.07) is 5.19. The van der Waals surface area contributed by atoms with E-state index in [1.807, 2.05) is 4.90 Å². The SMILES string of the molecule is O=C(/C=C/c1ccc(Cl)c(Cl)c1)N1CCN(CCN2CCCC2)C(=O)C1. The van der Waals surface area contributed by atoms with Crippen LogP contribution in [0.25, 0.3) is 6.08 Å². The van der Waals surface area contributed by atoms with Crippen molar-refractivity contribution in [3.63, 3.8) is 0 Å². The molecule has 0 N–H and O–H groups in total. The van der Waals surface area contributed by atoms with E-state index in [9.17, 15) is 9.59 Å². The number of amides is 2. The highest BCUT2D eigenvalue weighted by Crippen LogP contribution is 2.23. The van der Waals surface area contributed by atoms with Crippen LogP contribution in [0.3, 0.4) is 0 Å². The summed E-state index contributed by atoms with van der Waals surface area (Å²) in [6.07, 6.45) is 5.67. The molecule has 0 aromatic heterocycles. The molecule has 0 atom stereocenters. The van der Waals surface area contributed by atoms with Crippen molar-refractivity contribution in [2.75, 3.05) is 45.8 Å². The van der Waals surface area contributed by atoms with Crippen molar-refractivity contribution in [1.82, 2.24) is 14.7 Å². The Kier molecular flexibility index (Phi) is 6.57. The molecule has 26 heavy (non-hydrogen) atoms. The van der Waals surface area contributed by atoms with Crippen LogP contribution in [-0.2, 0) is 9.59 Å². The van der Waals surface area contributed by atoms with Gasteiger partial charge in [0.25, 0.3) is 0 Å². The smallest absolute Gasteiger partial charge is 0.247 e. The van der Waals surface area contributed by atoms with Crippen LogP contribution < -0.4 is 0 Å². The first-order valence-electron chi connectivity index (χ1n) is 8.95. The molecule has 2 heterocycles. The Morgan fingerprint density at radius 1 is 1.04 bits per heavy atom. The van der Waals surface area contributed by atoms with Crippen LogP contribution in [0.5, 0.6) is 0 Å². The molecule has 1 aromatic rings. The van der Waals surface area contributed by atoms with Gasteiger partial charge in [0.05, 0.1) is 10.0 Å². The number of carbonyl (C=O) groups excluding carboxylic acids is 2. The van der Waals surface area contributed by atoms with Gasteiger partial charge in [-0.2, -0.15) is 0 Å². The topological polar surface area (TPSA) is 43.9 Å². The van der Waals surface area contributed by atoms with Gasteiger partial charge in [0, 0.05) is 32.3 Å². The Bertz CT molecular complexity index is 702. The van der Waals surface area contributed by atoms with Crippen LogP contribution in [-0.4, -0.2) is 72.3 Å². The van der Waals surface area contributed by atoms with Crippen LogP contribution in [0, 0.1) is 0 Å². The molecule has 1 aromatic carbocycles. The largest absolute Gasteiger partial charge is 0.338 e. The first-order valence-corrected chi connectivity index (χ1v) is 9.71. The van der Waals surface area contributed by atoms with Gasteiger partial charge in [-0.3, -0.25) is 9.59 Å². The standard InChI is InChI=1S/C19H23Cl2N3O2/c20-16-5-3-15(13-17(16)21)4-6-18(25)24-12-11-23(19(26)14-24)10-9-22-7-1-2-8-22/h3-6,13H,1-2,7-12,14H2/b6-4+. The van der Waals surface area contributed by atoms with E-state index < -0.39 is 0 Å². The Balaban J connectivity index is 1.49. The third-order valence-electron chi connectivity index (χ3n) is 4.88. The van der Waals surface area contributed by atoms with Crippen molar-refractivity contribution in [2.24, 2.45) is 0 Å². The van der Waals surface area contributed by atoms with E-state index in [1.165, 1.54) is 18.9 Å². The van der Waals surface area contributed by atoms with E-state index in [0.29, 0.717) is 23.1 Å². The number of likely N-dealkylation sites (tertiary alicyclic amines) is 1. The maximum atomic E-state index is 12.3. The minimum absolute atomic E-state index is 0.0201. The lowest BCUT2D eigenvalue weighted by molar-refractivity contribution is -0.143. The van der Waals surface area contributed by atoms with Crippen LogP contribution in [0.2, 0.25) is 10.0 Å². The summed E-state index contributed by atoms with van der Waals surface area (Å²) in [6.45, 7) is 5.25. The number of carbonyl (C=O) groups is 2. The summed E-state index contributed by atoms with van der Waals surface area (Å²) in [5.74, 6) is -0.143. The molecule has 3 rings (SSSR count). The Hall–Kier alpha value is -1.56. The number of hydrogen-bond acceptors (Lipinski definition) is 3. The number of piperazine rings is 1. The highest BCUT2D eigenvalue weighted by atomic mass is 35.5. The molecule has 140 valence electrons.